The van der Waals surface area contributed by atoms with Crippen LogP contribution >= 0.6 is 0 Å². The summed E-state index contributed by atoms with van der Waals surface area (Å²) in [4.78, 5) is 21.4. The molecule has 1 aromatic heterocycles. The first-order valence-electron chi connectivity index (χ1n) is 11.3. The number of carbonyl (C=O) groups excluding carboxylic acids is 1. The van der Waals surface area contributed by atoms with Gasteiger partial charge in [-0.1, -0.05) is 38.1 Å². The van der Waals surface area contributed by atoms with Crippen LogP contribution in [0.25, 0.3) is 0 Å². The number of hydrogen-bond donors (Lipinski definition) is 0. The van der Waals surface area contributed by atoms with Gasteiger partial charge in [0.15, 0.2) is 5.82 Å². The quantitative estimate of drug-likeness (QED) is 0.649. The number of morpholine rings is 1. The van der Waals surface area contributed by atoms with Crippen LogP contribution in [0.1, 0.15) is 56.3 Å². The Hall–Kier alpha value is -2.82. The normalized spacial score (nSPS) is 22.1. The molecule has 11 heteroatoms. The number of amides is 2. The molecule has 2 aliphatic rings. The van der Waals surface area contributed by atoms with Gasteiger partial charge >= 0.3 is 12.4 Å². The van der Waals surface area contributed by atoms with Gasteiger partial charge in [0, 0.05) is 37.5 Å². The lowest BCUT2D eigenvalue weighted by atomic mass is 9.84. The van der Waals surface area contributed by atoms with Gasteiger partial charge in [0.2, 0.25) is 5.89 Å². The van der Waals surface area contributed by atoms with E-state index in [9.17, 15) is 18.0 Å². The highest BCUT2D eigenvalue weighted by molar-refractivity contribution is 5.75. The lowest BCUT2D eigenvalue weighted by Crippen LogP contribution is -2.52. The SMILES string of the molecule is CC(C)(C)c1noc(C2CC(c3ccc(OC(F)(F)F)cc3)CN(C(=O)N3CCOCC3)C2)n1. The van der Waals surface area contributed by atoms with E-state index in [1.807, 2.05) is 20.8 Å². The molecule has 0 spiro atoms. The zero-order chi connectivity index (χ0) is 24.5. The average Bonchev–Trinajstić information content (AvgIpc) is 3.29. The molecular weight excluding hydrogens is 453 g/mol. The Bertz CT molecular complexity index is 981. The van der Waals surface area contributed by atoms with Gasteiger partial charge < -0.3 is 23.8 Å². The van der Waals surface area contributed by atoms with E-state index in [0.29, 0.717) is 57.5 Å². The summed E-state index contributed by atoms with van der Waals surface area (Å²) in [6.07, 6.45) is -4.13. The molecule has 0 aliphatic carbocycles. The molecule has 2 fully saturated rings. The fourth-order valence-electron chi connectivity index (χ4n) is 4.28. The second-order valence-electron chi connectivity index (χ2n) is 9.74. The molecule has 186 valence electrons. The highest BCUT2D eigenvalue weighted by Crippen LogP contribution is 2.37. The van der Waals surface area contributed by atoms with Gasteiger partial charge in [-0.2, -0.15) is 4.98 Å². The maximum absolute atomic E-state index is 13.3. The number of nitrogens with zero attached hydrogens (tertiary/aromatic N) is 4. The summed E-state index contributed by atoms with van der Waals surface area (Å²) in [5.74, 6) is 0.458. The van der Waals surface area contributed by atoms with Crippen LogP contribution < -0.4 is 4.74 Å². The molecule has 2 saturated heterocycles. The molecule has 2 amide bonds. The van der Waals surface area contributed by atoms with Crippen molar-refractivity contribution in [1.29, 1.82) is 0 Å². The van der Waals surface area contributed by atoms with Crippen LogP contribution in [0.2, 0.25) is 0 Å². The van der Waals surface area contributed by atoms with Gasteiger partial charge in [-0.25, -0.2) is 4.79 Å². The number of carbonyl (C=O) groups is 1. The van der Waals surface area contributed by atoms with Gasteiger partial charge in [0.1, 0.15) is 5.75 Å². The average molecular weight is 483 g/mol. The van der Waals surface area contributed by atoms with E-state index in [-0.39, 0.29) is 29.0 Å². The van der Waals surface area contributed by atoms with Crippen molar-refractivity contribution in [3.05, 3.63) is 41.5 Å². The van der Waals surface area contributed by atoms with E-state index in [1.165, 1.54) is 12.1 Å². The maximum atomic E-state index is 13.3. The first-order chi connectivity index (χ1) is 16.0. The van der Waals surface area contributed by atoms with Gasteiger partial charge in [0.25, 0.3) is 0 Å². The Morgan fingerprint density at radius 3 is 2.26 bits per heavy atom. The topological polar surface area (TPSA) is 80.9 Å². The molecule has 2 aromatic rings. The van der Waals surface area contributed by atoms with Gasteiger partial charge in [-0.05, 0) is 24.1 Å². The standard InChI is InChI=1S/C23H29F3N4O4/c1-22(2,3)20-27-19(34-28-20)17-12-16(15-4-6-18(7-5-15)33-23(24,25)26)13-30(14-17)21(31)29-8-10-32-11-9-29/h4-7,16-17H,8-14H2,1-3H3. The van der Waals surface area contributed by atoms with Crippen LogP contribution in [0, 0.1) is 0 Å². The molecule has 0 saturated carbocycles. The van der Waals surface area contributed by atoms with Crippen LogP contribution in [0.15, 0.2) is 28.8 Å². The third-order valence-corrected chi connectivity index (χ3v) is 6.05. The molecule has 4 rings (SSSR count). The largest absolute Gasteiger partial charge is 0.573 e. The highest BCUT2D eigenvalue weighted by atomic mass is 19.4. The Morgan fingerprint density at radius 1 is 1.03 bits per heavy atom. The smallest absolute Gasteiger partial charge is 0.406 e. The second kappa shape index (κ2) is 9.44. The van der Waals surface area contributed by atoms with Gasteiger partial charge in [-0.3, -0.25) is 0 Å². The Kier molecular flexibility index (Phi) is 6.75. The van der Waals surface area contributed by atoms with Gasteiger partial charge in [-0.15, -0.1) is 13.2 Å². The van der Waals surface area contributed by atoms with E-state index in [4.69, 9.17) is 9.26 Å². The molecular formula is C23H29F3N4O4. The van der Waals surface area contributed by atoms with Crippen molar-refractivity contribution in [3.63, 3.8) is 0 Å². The molecule has 2 aliphatic heterocycles. The molecule has 0 radical (unpaired) electrons. The minimum atomic E-state index is -4.75. The number of alkyl halides is 3. The first-order valence-corrected chi connectivity index (χ1v) is 11.3. The number of urea groups is 1. The number of hydrogen-bond acceptors (Lipinski definition) is 6. The zero-order valence-corrected chi connectivity index (χ0v) is 19.5. The molecule has 8 nitrogen and oxygen atoms in total. The Balaban J connectivity index is 1.57. The van der Waals surface area contributed by atoms with Crippen LogP contribution in [0.3, 0.4) is 0 Å². The molecule has 2 atom stereocenters. The summed E-state index contributed by atoms with van der Waals surface area (Å²) in [6.45, 7) is 8.85. The molecule has 0 bridgehead atoms. The number of rotatable bonds is 3. The van der Waals surface area contributed by atoms with Gasteiger partial charge in [0.05, 0.1) is 19.1 Å². The predicted octanol–water partition coefficient (Wildman–Crippen LogP) is 4.29. The minimum Gasteiger partial charge on any atom is -0.406 e. The second-order valence-corrected chi connectivity index (χ2v) is 9.74. The van der Waals surface area contributed by atoms with Crippen LogP contribution in [-0.4, -0.2) is 71.7 Å². The third kappa shape index (κ3) is 5.81. The lowest BCUT2D eigenvalue weighted by molar-refractivity contribution is -0.274. The number of ether oxygens (including phenoxy) is 2. The van der Waals surface area contributed by atoms with Crippen molar-refractivity contribution in [2.75, 3.05) is 39.4 Å². The van der Waals surface area contributed by atoms with E-state index < -0.39 is 6.36 Å². The molecule has 0 N–H and O–H groups in total. The Labute approximate surface area is 196 Å². The number of piperidine rings is 1. The van der Waals surface area contributed by atoms with E-state index in [0.717, 1.165) is 5.56 Å². The van der Waals surface area contributed by atoms with Crippen LogP contribution in [-0.2, 0) is 10.2 Å². The fraction of sp³-hybridized carbons (Fsp3) is 0.609. The summed E-state index contributed by atoms with van der Waals surface area (Å²) in [7, 11) is 0. The van der Waals surface area contributed by atoms with Crippen LogP contribution in [0.4, 0.5) is 18.0 Å². The van der Waals surface area contributed by atoms with E-state index in [1.54, 1.807) is 21.9 Å². The summed E-state index contributed by atoms with van der Waals surface area (Å²) in [6, 6.07) is 5.72. The van der Waals surface area contributed by atoms with Crippen molar-refractivity contribution in [2.24, 2.45) is 0 Å². The Morgan fingerprint density at radius 2 is 1.68 bits per heavy atom. The predicted molar refractivity (Wildman–Crippen MR) is 116 cm³/mol. The summed E-state index contributed by atoms with van der Waals surface area (Å²) in [5, 5.41) is 4.13. The van der Waals surface area contributed by atoms with E-state index in [2.05, 4.69) is 14.9 Å². The number of benzene rings is 1. The summed E-state index contributed by atoms with van der Waals surface area (Å²) in [5.41, 5.74) is 0.530. The number of halogens is 3. The van der Waals surface area contributed by atoms with Crippen LogP contribution in [0.5, 0.6) is 5.75 Å². The molecule has 3 heterocycles. The molecule has 2 unspecified atom stereocenters. The minimum absolute atomic E-state index is 0.0921. The summed E-state index contributed by atoms with van der Waals surface area (Å²) >= 11 is 0. The lowest BCUT2D eigenvalue weighted by Gasteiger charge is -2.40. The third-order valence-electron chi connectivity index (χ3n) is 6.05. The van der Waals surface area contributed by atoms with E-state index >= 15 is 0 Å². The van der Waals surface area contributed by atoms with Crippen molar-refractivity contribution in [1.82, 2.24) is 19.9 Å². The molecule has 1 aromatic carbocycles. The fourth-order valence-corrected chi connectivity index (χ4v) is 4.28. The van der Waals surface area contributed by atoms with Crippen molar-refractivity contribution < 1.29 is 32.0 Å². The van der Waals surface area contributed by atoms with Crippen molar-refractivity contribution in [3.8, 4) is 5.75 Å². The first kappa shape index (κ1) is 24.3. The monoisotopic (exact) mass is 482 g/mol. The maximum Gasteiger partial charge on any atom is 0.573 e. The van der Waals surface area contributed by atoms with Crippen molar-refractivity contribution >= 4 is 6.03 Å². The zero-order valence-electron chi connectivity index (χ0n) is 19.5. The highest BCUT2D eigenvalue weighted by Gasteiger charge is 2.37. The molecule has 34 heavy (non-hydrogen) atoms. The van der Waals surface area contributed by atoms with Crippen molar-refractivity contribution in [2.45, 2.75) is 50.8 Å². The number of aromatic nitrogens is 2. The summed E-state index contributed by atoms with van der Waals surface area (Å²) < 4.78 is 52.5. The number of likely N-dealkylation sites (tertiary alicyclic amines) is 1.